The van der Waals surface area contributed by atoms with Gasteiger partial charge in [-0.15, -0.1) is 11.3 Å². The molecule has 2 rings (SSSR count). The minimum atomic E-state index is 0.440. The van der Waals surface area contributed by atoms with Gasteiger partial charge in [0.25, 0.3) is 0 Å². The first-order chi connectivity index (χ1) is 6.84. The maximum Gasteiger partial charge on any atom is 0.0794 e. The molecule has 1 aromatic heterocycles. The molecule has 3 heteroatoms. The number of hydrogen-bond donors (Lipinski definition) is 1. The minimum Gasteiger partial charge on any atom is -0.328 e. The Morgan fingerprint density at radius 2 is 2.29 bits per heavy atom. The van der Waals surface area contributed by atoms with Gasteiger partial charge < -0.3 is 5.73 Å². The Hall–Kier alpha value is -0.410. The molecule has 0 amide bonds. The average Bonchev–Trinajstić information content (AvgIpc) is 2.56. The monoisotopic (exact) mass is 210 g/mol. The first-order valence-electron chi connectivity index (χ1n) is 5.47. The molecule has 0 radical (unpaired) electrons. The Morgan fingerprint density at radius 3 is 3.07 bits per heavy atom. The van der Waals surface area contributed by atoms with E-state index < -0.39 is 0 Å². The summed E-state index contributed by atoms with van der Waals surface area (Å²) < 4.78 is 0. The molecule has 2 atom stereocenters. The Labute approximate surface area is 89.5 Å². The van der Waals surface area contributed by atoms with Gasteiger partial charge in [-0.3, -0.25) is 4.98 Å². The van der Waals surface area contributed by atoms with Crippen LogP contribution in [0.25, 0.3) is 0 Å². The van der Waals surface area contributed by atoms with Crippen LogP contribution in [0, 0.1) is 5.92 Å². The highest BCUT2D eigenvalue weighted by atomic mass is 32.1. The molecule has 0 aromatic carbocycles. The van der Waals surface area contributed by atoms with Crippen molar-refractivity contribution >= 4 is 11.3 Å². The molecule has 0 saturated heterocycles. The molecule has 78 valence electrons. The van der Waals surface area contributed by atoms with E-state index in [2.05, 4.69) is 4.98 Å². The third kappa shape index (κ3) is 2.79. The molecule has 1 saturated carbocycles. The Kier molecular flexibility index (Phi) is 3.54. The molecule has 1 heterocycles. The summed E-state index contributed by atoms with van der Waals surface area (Å²) in [7, 11) is 0. The van der Waals surface area contributed by atoms with Gasteiger partial charge in [0, 0.05) is 17.1 Å². The molecular formula is C11H18N2S. The standard InChI is InChI=1S/C11H18N2S/c12-10-4-2-1-3-9(5-10)6-11-7-13-8-14-11/h7-10H,1-6,12H2. The van der Waals surface area contributed by atoms with E-state index in [1.807, 2.05) is 11.7 Å². The van der Waals surface area contributed by atoms with Gasteiger partial charge in [-0.05, 0) is 25.2 Å². The average molecular weight is 210 g/mol. The molecule has 1 fully saturated rings. The lowest BCUT2D eigenvalue weighted by molar-refractivity contribution is 0.433. The zero-order valence-electron chi connectivity index (χ0n) is 8.48. The molecule has 0 aliphatic heterocycles. The quantitative estimate of drug-likeness (QED) is 0.762. The molecule has 2 unspecified atom stereocenters. The molecule has 1 aromatic rings. The summed E-state index contributed by atoms with van der Waals surface area (Å²) in [5, 5.41) is 0. The molecular weight excluding hydrogens is 192 g/mol. The first kappa shape index (κ1) is 10.1. The van der Waals surface area contributed by atoms with Crippen LogP contribution in [0.1, 0.15) is 37.0 Å². The van der Waals surface area contributed by atoms with E-state index in [4.69, 9.17) is 5.73 Å². The Balaban J connectivity index is 1.90. The Morgan fingerprint density at radius 1 is 1.43 bits per heavy atom. The number of nitrogens with two attached hydrogens (primary N) is 1. The predicted octanol–water partition coefficient (Wildman–Crippen LogP) is 2.59. The van der Waals surface area contributed by atoms with Crippen LogP contribution in [-0.4, -0.2) is 11.0 Å². The van der Waals surface area contributed by atoms with E-state index in [1.54, 1.807) is 11.3 Å². The molecule has 0 bridgehead atoms. The maximum absolute atomic E-state index is 6.04. The highest BCUT2D eigenvalue weighted by Gasteiger charge is 2.18. The van der Waals surface area contributed by atoms with Crippen LogP contribution in [0.5, 0.6) is 0 Å². The molecule has 0 spiro atoms. The minimum absolute atomic E-state index is 0.440. The van der Waals surface area contributed by atoms with Gasteiger partial charge in [0.2, 0.25) is 0 Å². The van der Waals surface area contributed by atoms with E-state index in [-0.39, 0.29) is 0 Å². The Bertz CT molecular complexity index is 258. The van der Waals surface area contributed by atoms with Crippen molar-refractivity contribution in [3.05, 3.63) is 16.6 Å². The van der Waals surface area contributed by atoms with Gasteiger partial charge in [0.05, 0.1) is 5.51 Å². The normalized spacial score (nSPS) is 28.6. The lowest BCUT2D eigenvalue weighted by Gasteiger charge is -2.15. The second kappa shape index (κ2) is 4.89. The fourth-order valence-corrected chi connectivity index (χ4v) is 3.03. The fourth-order valence-electron chi connectivity index (χ4n) is 2.32. The summed E-state index contributed by atoms with van der Waals surface area (Å²) in [6.45, 7) is 0. The third-order valence-corrected chi connectivity index (χ3v) is 3.85. The van der Waals surface area contributed by atoms with Gasteiger partial charge in [0.15, 0.2) is 0 Å². The van der Waals surface area contributed by atoms with E-state index in [1.165, 1.54) is 43.4 Å². The number of thiazole rings is 1. The van der Waals surface area contributed by atoms with Crippen molar-refractivity contribution in [2.45, 2.75) is 44.6 Å². The third-order valence-electron chi connectivity index (χ3n) is 3.05. The summed E-state index contributed by atoms with van der Waals surface area (Å²) in [6.07, 6.45) is 9.65. The van der Waals surface area contributed by atoms with E-state index in [9.17, 15) is 0 Å². The summed E-state index contributed by atoms with van der Waals surface area (Å²) in [6, 6.07) is 0.440. The summed E-state index contributed by atoms with van der Waals surface area (Å²) in [5.41, 5.74) is 7.96. The maximum atomic E-state index is 6.04. The van der Waals surface area contributed by atoms with Crippen LogP contribution in [0.4, 0.5) is 0 Å². The van der Waals surface area contributed by atoms with E-state index in [0.29, 0.717) is 6.04 Å². The number of hydrogen-bond acceptors (Lipinski definition) is 3. The topological polar surface area (TPSA) is 38.9 Å². The van der Waals surface area contributed by atoms with Crippen LogP contribution < -0.4 is 5.73 Å². The summed E-state index contributed by atoms with van der Waals surface area (Å²) in [5.74, 6) is 0.799. The van der Waals surface area contributed by atoms with Gasteiger partial charge >= 0.3 is 0 Å². The summed E-state index contributed by atoms with van der Waals surface area (Å²) >= 11 is 1.77. The second-order valence-electron chi connectivity index (χ2n) is 4.32. The molecule has 1 aliphatic rings. The van der Waals surface area contributed by atoms with Crippen molar-refractivity contribution in [2.75, 3.05) is 0 Å². The predicted molar refractivity (Wildman–Crippen MR) is 60.4 cm³/mol. The van der Waals surface area contributed by atoms with Crippen LogP contribution in [0.15, 0.2) is 11.7 Å². The summed E-state index contributed by atoms with van der Waals surface area (Å²) in [4.78, 5) is 5.54. The van der Waals surface area contributed by atoms with Crippen molar-refractivity contribution < 1.29 is 0 Å². The lowest BCUT2D eigenvalue weighted by atomic mass is 9.94. The fraction of sp³-hybridized carbons (Fsp3) is 0.727. The zero-order valence-corrected chi connectivity index (χ0v) is 9.30. The van der Waals surface area contributed by atoms with E-state index in [0.717, 1.165) is 5.92 Å². The van der Waals surface area contributed by atoms with Crippen molar-refractivity contribution in [3.8, 4) is 0 Å². The van der Waals surface area contributed by atoms with Crippen LogP contribution in [0.2, 0.25) is 0 Å². The van der Waals surface area contributed by atoms with Gasteiger partial charge in [-0.25, -0.2) is 0 Å². The molecule has 1 aliphatic carbocycles. The highest BCUT2D eigenvalue weighted by Crippen LogP contribution is 2.26. The first-order valence-corrected chi connectivity index (χ1v) is 6.35. The van der Waals surface area contributed by atoms with Gasteiger partial charge in [0.1, 0.15) is 0 Å². The lowest BCUT2D eigenvalue weighted by Crippen LogP contribution is -2.22. The van der Waals surface area contributed by atoms with Crippen LogP contribution >= 0.6 is 11.3 Å². The van der Waals surface area contributed by atoms with Gasteiger partial charge in [-0.1, -0.05) is 19.3 Å². The van der Waals surface area contributed by atoms with Crippen molar-refractivity contribution in [2.24, 2.45) is 11.7 Å². The van der Waals surface area contributed by atoms with E-state index >= 15 is 0 Å². The smallest absolute Gasteiger partial charge is 0.0794 e. The van der Waals surface area contributed by atoms with Crippen molar-refractivity contribution in [3.63, 3.8) is 0 Å². The van der Waals surface area contributed by atoms with Gasteiger partial charge in [-0.2, -0.15) is 0 Å². The molecule has 2 nitrogen and oxygen atoms in total. The van der Waals surface area contributed by atoms with Crippen molar-refractivity contribution in [1.82, 2.24) is 4.98 Å². The second-order valence-corrected chi connectivity index (χ2v) is 5.29. The largest absolute Gasteiger partial charge is 0.328 e. The number of aromatic nitrogens is 1. The molecule has 2 N–H and O–H groups in total. The highest BCUT2D eigenvalue weighted by molar-refractivity contribution is 7.09. The van der Waals surface area contributed by atoms with Crippen molar-refractivity contribution in [1.29, 1.82) is 0 Å². The SMILES string of the molecule is NC1CCCCC(Cc2cncs2)C1. The zero-order chi connectivity index (χ0) is 9.80. The van der Waals surface area contributed by atoms with Crippen LogP contribution in [0.3, 0.4) is 0 Å². The number of rotatable bonds is 2. The molecule has 14 heavy (non-hydrogen) atoms. The number of nitrogens with zero attached hydrogens (tertiary/aromatic N) is 1. The van der Waals surface area contributed by atoms with Crippen LogP contribution in [-0.2, 0) is 6.42 Å².